The smallest absolute Gasteiger partial charge is 0.225 e. The molecule has 5 heteroatoms. The molecule has 20 heavy (non-hydrogen) atoms. The van der Waals surface area contributed by atoms with Gasteiger partial charge in [-0.25, -0.2) is 0 Å². The third kappa shape index (κ3) is 3.72. The molecule has 0 aromatic heterocycles. The van der Waals surface area contributed by atoms with Crippen LogP contribution < -0.4 is 5.32 Å². The number of amides is 2. The maximum absolute atomic E-state index is 12.1. The van der Waals surface area contributed by atoms with E-state index in [1.165, 1.54) is 19.3 Å². The fraction of sp³-hybridized carbons (Fsp3) is 0.867. The van der Waals surface area contributed by atoms with Crippen LogP contribution in [0.3, 0.4) is 0 Å². The Morgan fingerprint density at radius 3 is 2.85 bits per heavy atom. The minimum Gasteiger partial charge on any atom is -0.355 e. The highest BCUT2D eigenvalue weighted by molar-refractivity contribution is 5.89. The number of nitrogens with zero attached hydrogens (tertiary/aromatic N) is 2. The molecule has 0 aromatic rings. The van der Waals surface area contributed by atoms with Gasteiger partial charge in [0.15, 0.2) is 0 Å². The van der Waals surface area contributed by atoms with Gasteiger partial charge in [-0.2, -0.15) is 0 Å². The van der Waals surface area contributed by atoms with Crippen LogP contribution in [-0.2, 0) is 9.59 Å². The molecule has 2 heterocycles. The molecule has 2 fully saturated rings. The Morgan fingerprint density at radius 1 is 1.40 bits per heavy atom. The average molecular weight is 281 g/mol. The van der Waals surface area contributed by atoms with Crippen molar-refractivity contribution >= 4 is 11.8 Å². The highest BCUT2D eigenvalue weighted by Gasteiger charge is 2.33. The van der Waals surface area contributed by atoms with E-state index in [4.69, 9.17) is 0 Å². The van der Waals surface area contributed by atoms with Crippen molar-refractivity contribution < 1.29 is 9.59 Å². The second kappa shape index (κ2) is 7.07. The first kappa shape index (κ1) is 15.3. The van der Waals surface area contributed by atoms with Crippen molar-refractivity contribution in [2.24, 2.45) is 5.92 Å². The van der Waals surface area contributed by atoms with Gasteiger partial charge in [-0.05, 0) is 33.2 Å². The maximum atomic E-state index is 12.1. The van der Waals surface area contributed by atoms with Crippen molar-refractivity contribution in [3.63, 3.8) is 0 Å². The highest BCUT2D eigenvalue weighted by Crippen LogP contribution is 2.18. The standard InChI is InChI=1S/C15H27N3O2/c1-3-17-11-13(10-14(17)19)15(20)16-7-9-18-8-5-4-6-12(18)2/h12-13H,3-11H2,1-2H3,(H,16,20)/t12-,13+/m0/s1. The summed E-state index contributed by atoms with van der Waals surface area (Å²) in [6.45, 7) is 8.26. The van der Waals surface area contributed by atoms with E-state index in [1.807, 2.05) is 6.92 Å². The van der Waals surface area contributed by atoms with Crippen LogP contribution in [-0.4, -0.2) is 60.4 Å². The minimum absolute atomic E-state index is 0.0407. The molecule has 2 atom stereocenters. The van der Waals surface area contributed by atoms with Gasteiger partial charge in [-0.3, -0.25) is 14.5 Å². The lowest BCUT2D eigenvalue weighted by atomic mass is 10.0. The normalized spacial score (nSPS) is 27.9. The summed E-state index contributed by atoms with van der Waals surface area (Å²) in [5, 5.41) is 3.00. The van der Waals surface area contributed by atoms with Crippen LogP contribution in [0.2, 0.25) is 0 Å². The van der Waals surface area contributed by atoms with Crippen molar-refractivity contribution in [1.29, 1.82) is 0 Å². The second-order valence-electron chi connectivity index (χ2n) is 6.01. The van der Waals surface area contributed by atoms with Gasteiger partial charge in [0.25, 0.3) is 0 Å². The molecule has 2 saturated heterocycles. The molecule has 2 rings (SSSR count). The van der Waals surface area contributed by atoms with Crippen LogP contribution in [0, 0.1) is 5.92 Å². The Kier molecular flexibility index (Phi) is 5.40. The van der Waals surface area contributed by atoms with Gasteiger partial charge in [0.2, 0.25) is 11.8 Å². The molecule has 0 radical (unpaired) electrons. The van der Waals surface area contributed by atoms with Crippen LogP contribution in [0.1, 0.15) is 39.5 Å². The number of nitrogens with one attached hydrogen (secondary N) is 1. The summed E-state index contributed by atoms with van der Waals surface area (Å²) in [7, 11) is 0. The third-order valence-corrected chi connectivity index (χ3v) is 4.61. The topological polar surface area (TPSA) is 52.7 Å². The zero-order valence-electron chi connectivity index (χ0n) is 12.7. The van der Waals surface area contributed by atoms with E-state index in [0.717, 1.165) is 13.1 Å². The van der Waals surface area contributed by atoms with Gasteiger partial charge >= 0.3 is 0 Å². The average Bonchev–Trinajstić information content (AvgIpc) is 2.82. The Hall–Kier alpha value is -1.10. The number of carbonyl (C=O) groups excluding carboxylic acids is 2. The van der Waals surface area contributed by atoms with Crippen molar-refractivity contribution in [2.45, 2.75) is 45.6 Å². The molecule has 0 saturated carbocycles. The van der Waals surface area contributed by atoms with E-state index in [0.29, 0.717) is 32.1 Å². The summed E-state index contributed by atoms with van der Waals surface area (Å²) in [5.74, 6) is -0.00232. The monoisotopic (exact) mass is 281 g/mol. The Balaban J connectivity index is 1.69. The Bertz CT molecular complexity index is 359. The van der Waals surface area contributed by atoms with Gasteiger partial charge in [-0.1, -0.05) is 6.42 Å². The second-order valence-corrected chi connectivity index (χ2v) is 6.01. The third-order valence-electron chi connectivity index (χ3n) is 4.61. The van der Waals surface area contributed by atoms with Gasteiger partial charge < -0.3 is 10.2 Å². The first-order valence-electron chi connectivity index (χ1n) is 7.91. The molecule has 0 aromatic carbocycles. The SMILES string of the molecule is CCN1C[C@H](C(=O)NCCN2CCCC[C@@H]2C)CC1=O. The lowest BCUT2D eigenvalue weighted by molar-refractivity contribution is -0.128. The molecule has 5 nitrogen and oxygen atoms in total. The van der Waals surface area contributed by atoms with Gasteiger partial charge in [0, 0.05) is 38.6 Å². The molecule has 1 N–H and O–H groups in total. The van der Waals surface area contributed by atoms with Crippen LogP contribution in [0.4, 0.5) is 0 Å². The van der Waals surface area contributed by atoms with E-state index in [1.54, 1.807) is 4.90 Å². The highest BCUT2D eigenvalue weighted by atomic mass is 16.2. The largest absolute Gasteiger partial charge is 0.355 e. The van der Waals surface area contributed by atoms with E-state index < -0.39 is 0 Å². The molecule has 0 unspecified atom stereocenters. The molecule has 2 aliphatic heterocycles. The van der Waals surface area contributed by atoms with E-state index in [9.17, 15) is 9.59 Å². The summed E-state index contributed by atoms with van der Waals surface area (Å²) in [4.78, 5) is 27.9. The first-order valence-corrected chi connectivity index (χ1v) is 7.91. The molecule has 0 bridgehead atoms. The number of rotatable bonds is 5. The van der Waals surface area contributed by atoms with Crippen LogP contribution in [0.25, 0.3) is 0 Å². The number of likely N-dealkylation sites (tertiary alicyclic amines) is 2. The number of piperidine rings is 1. The summed E-state index contributed by atoms with van der Waals surface area (Å²) in [6, 6.07) is 0.629. The Morgan fingerprint density at radius 2 is 2.20 bits per heavy atom. The lowest BCUT2D eigenvalue weighted by Gasteiger charge is -2.33. The van der Waals surface area contributed by atoms with E-state index >= 15 is 0 Å². The molecule has 2 amide bonds. The van der Waals surface area contributed by atoms with Crippen molar-refractivity contribution in [3.8, 4) is 0 Å². The van der Waals surface area contributed by atoms with Crippen LogP contribution >= 0.6 is 0 Å². The van der Waals surface area contributed by atoms with Gasteiger partial charge in [0.05, 0.1) is 5.92 Å². The Labute approximate surface area is 121 Å². The fourth-order valence-electron chi connectivity index (χ4n) is 3.21. The number of carbonyl (C=O) groups is 2. The van der Waals surface area contributed by atoms with Crippen LogP contribution in [0.5, 0.6) is 0 Å². The maximum Gasteiger partial charge on any atom is 0.225 e. The fourth-order valence-corrected chi connectivity index (χ4v) is 3.21. The minimum atomic E-state index is -0.152. The van der Waals surface area contributed by atoms with Crippen molar-refractivity contribution in [1.82, 2.24) is 15.1 Å². The molecule has 2 aliphatic rings. The number of hydrogen-bond donors (Lipinski definition) is 1. The van der Waals surface area contributed by atoms with Gasteiger partial charge in [0.1, 0.15) is 0 Å². The van der Waals surface area contributed by atoms with Gasteiger partial charge in [-0.15, -0.1) is 0 Å². The molecule has 0 spiro atoms. The number of hydrogen-bond acceptors (Lipinski definition) is 3. The summed E-state index contributed by atoms with van der Waals surface area (Å²) in [6.07, 6.45) is 4.22. The zero-order valence-corrected chi connectivity index (χ0v) is 12.7. The van der Waals surface area contributed by atoms with Crippen molar-refractivity contribution in [2.75, 3.05) is 32.7 Å². The molecular weight excluding hydrogens is 254 g/mol. The van der Waals surface area contributed by atoms with E-state index in [-0.39, 0.29) is 17.7 Å². The van der Waals surface area contributed by atoms with Crippen molar-refractivity contribution in [3.05, 3.63) is 0 Å². The predicted octanol–water partition coefficient (Wildman–Crippen LogP) is 0.845. The molecule has 114 valence electrons. The molecule has 0 aliphatic carbocycles. The summed E-state index contributed by atoms with van der Waals surface area (Å²) >= 11 is 0. The zero-order chi connectivity index (χ0) is 14.5. The first-order chi connectivity index (χ1) is 9.61. The van der Waals surface area contributed by atoms with E-state index in [2.05, 4.69) is 17.1 Å². The van der Waals surface area contributed by atoms with Crippen LogP contribution in [0.15, 0.2) is 0 Å². The quantitative estimate of drug-likeness (QED) is 0.812. The lowest BCUT2D eigenvalue weighted by Crippen LogP contribution is -2.43. The summed E-state index contributed by atoms with van der Waals surface area (Å²) < 4.78 is 0. The predicted molar refractivity (Wildman–Crippen MR) is 78.3 cm³/mol. The summed E-state index contributed by atoms with van der Waals surface area (Å²) in [5.41, 5.74) is 0. The molecular formula is C15H27N3O2.